The molecule has 6 heteroatoms. The highest BCUT2D eigenvalue weighted by Crippen LogP contribution is 2.31. The van der Waals surface area contributed by atoms with Crippen LogP contribution in [0.4, 0.5) is 11.4 Å². The molecule has 0 radical (unpaired) electrons. The van der Waals surface area contributed by atoms with Crippen molar-refractivity contribution in [1.82, 2.24) is 0 Å². The highest BCUT2D eigenvalue weighted by molar-refractivity contribution is 6.01. The number of carbonyl (C=O) groups excluding carboxylic acids is 3. The third kappa shape index (κ3) is 4.65. The molecule has 1 heterocycles. The molecule has 2 aromatic rings. The SMILES string of the molecule is CCc1ccccc1NC(=O)COC(=O)[C@H]1CC(=O)N(c2c(C)cccc2C)C1. The van der Waals surface area contributed by atoms with Gasteiger partial charge in [-0.15, -0.1) is 0 Å². The van der Waals surface area contributed by atoms with Gasteiger partial charge in [0.25, 0.3) is 5.91 Å². The summed E-state index contributed by atoms with van der Waals surface area (Å²) in [6.45, 7) is 5.79. The Kier molecular flexibility index (Phi) is 6.32. The molecule has 1 saturated heterocycles. The lowest BCUT2D eigenvalue weighted by atomic mass is 10.1. The molecule has 0 spiro atoms. The van der Waals surface area contributed by atoms with Gasteiger partial charge in [0.05, 0.1) is 5.92 Å². The number of anilines is 2. The molecular weight excluding hydrogens is 368 g/mol. The summed E-state index contributed by atoms with van der Waals surface area (Å²) in [7, 11) is 0. The molecular formula is C23H26N2O4. The van der Waals surface area contributed by atoms with Gasteiger partial charge in [-0.1, -0.05) is 43.3 Å². The number of hydrogen-bond donors (Lipinski definition) is 1. The van der Waals surface area contributed by atoms with E-state index in [9.17, 15) is 14.4 Å². The number of nitrogens with one attached hydrogen (secondary N) is 1. The van der Waals surface area contributed by atoms with Crippen LogP contribution >= 0.6 is 0 Å². The van der Waals surface area contributed by atoms with Gasteiger partial charge in [-0.2, -0.15) is 0 Å². The smallest absolute Gasteiger partial charge is 0.311 e. The molecule has 0 saturated carbocycles. The monoisotopic (exact) mass is 394 g/mol. The molecule has 2 aromatic carbocycles. The van der Waals surface area contributed by atoms with E-state index in [0.29, 0.717) is 5.69 Å². The van der Waals surface area contributed by atoms with Gasteiger partial charge in [-0.3, -0.25) is 14.4 Å². The highest BCUT2D eigenvalue weighted by atomic mass is 16.5. The number of rotatable bonds is 6. The zero-order valence-corrected chi connectivity index (χ0v) is 17.0. The molecule has 1 fully saturated rings. The maximum atomic E-state index is 12.5. The Morgan fingerprint density at radius 3 is 2.48 bits per heavy atom. The molecule has 6 nitrogen and oxygen atoms in total. The van der Waals surface area contributed by atoms with Crippen LogP contribution < -0.4 is 10.2 Å². The van der Waals surface area contributed by atoms with E-state index in [2.05, 4.69) is 5.32 Å². The molecule has 29 heavy (non-hydrogen) atoms. The lowest BCUT2D eigenvalue weighted by molar-refractivity contribution is -0.151. The first-order chi connectivity index (χ1) is 13.9. The minimum absolute atomic E-state index is 0.0902. The third-order valence-electron chi connectivity index (χ3n) is 5.19. The fourth-order valence-electron chi connectivity index (χ4n) is 3.70. The van der Waals surface area contributed by atoms with Gasteiger partial charge >= 0.3 is 5.97 Å². The van der Waals surface area contributed by atoms with E-state index in [1.165, 1.54) is 0 Å². The fourth-order valence-corrected chi connectivity index (χ4v) is 3.70. The van der Waals surface area contributed by atoms with Crippen molar-refractivity contribution >= 4 is 29.2 Å². The predicted octanol–water partition coefficient (Wildman–Crippen LogP) is 3.40. The lowest BCUT2D eigenvalue weighted by Gasteiger charge is -2.21. The van der Waals surface area contributed by atoms with E-state index in [-0.39, 0.29) is 25.5 Å². The normalized spacial score (nSPS) is 16.0. The minimum atomic E-state index is -0.572. The summed E-state index contributed by atoms with van der Waals surface area (Å²) < 4.78 is 5.20. The second-order valence-electron chi connectivity index (χ2n) is 7.31. The number of carbonyl (C=O) groups is 3. The quantitative estimate of drug-likeness (QED) is 0.762. The van der Waals surface area contributed by atoms with Crippen LogP contribution in [-0.4, -0.2) is 30.9 Å². The molecule has 2 amide bonds. The second kappa shape index (κ2) is 8.90. The molecule has 0 aromatic heterocycles. The topological polar surface area (TPSA) is 75.7 Å². The number of hydrogen-bond acceptors (Lipinski definition) is 4. The van der Waals surface area contributed by atoms with Gasteiger partial charge in [0.1, 0.15) is 0 Å². The Labute approximate surface area is 170 Å². The summed E-state index contributed by atoms with van der Waals surface area (Å²) in [5.41, 5.74) is 4.55. The molecule has 1 aliphatic rings. The van der Waals surface area contributed by atoms with Crippen LogP contribution in [0, 0.1) is 19.8 Å². The van der Waals surface area contributed by atoms with Gasteiger partial charge in [0.2, 0.25) is 5.91 Å². The van der Waals surface area contributed by atoms with Crippen LogP contribution in [-0.2, 0) is 25.5 Å². The fraction of sp³-hybridized carbons (Fsp3) is 0.348. The van der Waals surface area contributed by atoms with Crippen molar-refractivity contribution in [3.05, 3.63) is 59.2 Å². The van der Waals surface area contributed by atoms with Gasteiger partial charge in [0.15, 0.2) is 6.61 Å². The standard InChI is InChI=1S/C23H26N2O4/c1-4-17-10-5-6-11-19(17)24-20(26)14-29-23(28)18-12-21(27)25(13-18)22-15(2)8-7-9-16(22)3/h5-11,18H,4,12-14H2,1-3H3,(H,24,26)/t18-/m0/s1. The van der Waals surface area contributed by atoms with E-state index in [0.717, 1.165) is 28.8 Å². The first-order valence-electron chi connectivity index (χ1n) is 9.81. The van der Waals surface area contributed by atoms with Crippen LogP contribution in [0.3, 0.4) is 0 Å². The summed E-state index contributed by atoms with van der Waals surface area (Å²) in [5.74, 6) is -1.59. The van der Waals surface area contributed by atoms with Crippen LogP contribution in [0.25, 0.3) is 0 Å². The first kappa shape index (κ1) is 20.6. The van der Waals surface area contributed by atoms with Crippen molar-refractivity contribution < 1.29 is 19.1 Å². The Hall–Kier alpha value is -3.15. The number of amides is 2. The molecule has 0 aliphatic carbocycles. The maximum absolute atomic E-state index is 12.5. The number of nitrogens with zero attached hydrogens (tertiary/aromatic N) is 1. The molecule has 1 aliphatic heterocycles. The number of esters is 1. The maximum Gasteiger partial charge on any atom is 0.311 e. The van der Waals surface area contributed by atoms with Crippen molar-refractivity contribution in [2.45, 2.75) is 33.6 Å². The third-order valence-corrected chi connectivity index (χ3v) is 5.19. The average molecular weight is 394 g/mol. The van der Waals surface area contributed by atoms with E-state index < -0.39 is 17.8 Å². The average Bonchev–Trinajstić information content (AvgIpc) is 3.08. The summed E-state index contributed by atoms with van der Waals surface area (Å²) in [6.07, 6.45) is 0.876. The van der Waals surface area contributed by atoms with Crippen molar-refractivity contribution in [3.8, 4) is 0 Å². The van der Waals surface area contributed by atoms with Crippen LogP contribution in [0.15, 0.2) is 42.5 Å². The number of para-hydroxylation sites is 2. The van der Waals surface area contributed by atoms with E-state index in [1.807, 2.05) is 63.2 Å². The molecule has 1 atom stereocenters. The van der Waals surface area contributed by atoms with E-state index in [1.54, 1.807) is 4.90 Å². The molecule has 0 bridgehead atoms. The Morgan fingerprint density at radius 1 is 1.10 bits per heavy atom. The van der Waals surface area contributed by atoms with Gasteiger partial charge in [-0.05, 0) is 43.0 Å². The first-order valence-corrected chi connectivity index (χ1v) is 9.81. The van der Waals surface area contributed by atoms with Crippen LogP contribution in [0.2, 0.25) is 0 Å². The van der Waals surface area contributed by atoms with Gasteiger partial charge < -0.3 is 15.0 Å². The van der Waals surface area contributed by atoms with Crippen LogP contribution in [0.1, 0.15) is 30.0 Å². The largest absolute Gasteiger partial charge is 0.455 e. The number of aryl methyl sites for hydroxylation is 3. The van der Waals surface area contributed by atoms with E-state index in [4.69, 9.17) is 4.74 Å². The molecule has 1 N–H and O–H groups in total. The number of benzene rings is 2. The zero-order chi connectivity index (χ0) is 21.0. The highest BCUT2D eigenvalue weighted by Gasteiger charge is 2.37. The van der Waals surface area contributed by atoms with Crippen molar-refractivity contribution in [3.63, 3.8) is 0 Å². The zero-order valence-electron chi connectivity index (χ0n) is 17.0. The van der Waals surface area contributed by atoms with Gasteiger partial charge in [0, 0.05) is 24.3 Å². The van der Waals surface area contributed by atoms with E-state index >= 15 is 0 Å². The Balaban J connectivity index is 1.58. The minimum Gasteiger partial charge on any atom is -0.455 e. The number of ether oxygens (including phenoxy) is 1. The Morgan fingerprint density at radius 2 is 1.79 bits per heavy atom. The molecule has 0 unspecified atom stereocenters. The van der Waals surface area contributed by atoms with Crippen molar-refractivity contribution in [1.29, 1.82) is 0 Å². The Bertz CT molecular complexity index is 918. The predicted molar refractivity (Wildman–Crippen MR) is 112 cm³/mol. The second-order valence-corrected chi connectivity index (χ2v) is 7.31. The summed E-state index contributed by atoms with van der Waals surface area (Å²) in [5, 5.41) is 2.77. The summed E-state index contributed by atoms with van der Waals surface area (Å²) in [4.78, 5) is 38.7. The molecule has 3 rings (SSSR count). The van der Waals surface area contributed by atoms with Crippen molar-refractivity contribution in [2.75, 3.05) is 23.4 Å². The lowest BCUT2D eigenvalue weighted by Crippen LogP contribution is -2.29. The van der Waals surface area contributed by atoms with Crippen LogP contribution in [0.5, 0.6) is 0 Å². The van der Waals surface area contributed by atoms with Gasteiger partial charge in [-0.25, -0.2) is 0 Å². The summed E-state index contributed by atoms with van der Waals surface area (Å²) in [6, 6.07) is 13.3. The van der Waals surface area contributed by atoms with Crippen molar-refractivity contribution in [2.24, 2.45) is 5.92 Å². The summed E-state index contributed by atoms with van der Waals surface area (Å²) >= 11 is 0. The molecule has 152 valence electrons.